The van der Waals surface area contributed by atoms with Gasteiger partial charge in [0.1, 0.15) is 0 Å². The number of nitriles is 1. The average Bonchev–Trinajstić information content (AvgIpc) is 2.44. The minimum absolute atomic E-state index is 0.0397. The molecule has 6 heteroatoms. The van der Waals surface area contributed by atoms with Gasteiger partial charge in [0.25, 0.3) is 0 Å². The summed E-state index contributed by atoms with van der Waals surface area (Å²) in [5, 5.41) is 20.4. The standard InChI is InChI=1S/C15H19N3O3/c1-12(19)17-6-8-18(7-5-15(20)21)11-14-4-2-3-13(9-14)10-16/h2-4,9H,5-8,11H2,1H3,(H,17,19)(H,20,21). The van der Waals surface area contributed by atoms with Gasteiger partial charge < -0.3 is 10.4 Å². The van der Waals surface area contributed by atoms with Gasteiger partial charge in [-0.1, -0.05) is 12.1 Å². The highest BCUT2D eigenvalue weighted by atomic mass is 16.4. The number of amides is 1. The number of rotatable bonds is 8. The Morgan fingerprint density at radius 2 is 2.14 bits per heavy atom. The van der Waals surface area contributed by atoms with E-state index in [-0.39, 0.29) is 12.3 Å². The van der Waals surface area contributed by atoms with Gasteiger partial charge in [-0.15, -0.1) is 0 Å². The molecule has 0 atom stereocenters. The van der Waals surface area contributed by atoms with E-state index in [1.807, 2.05) is 11.0 Å². The van der Waals surface area contributed by atoms with E-state index in [0.717, 1.165) is 5.56 Å². The van der Waals surface area contributed by atoms with Crippen LogP contribution in [-0.2, 0) is 16.1 Å². The first kappa shape index (κ1) is 16.7. The maximum atomic E-state index is 10.9. The predicted octanol–water partition coefficient (Wildman–Crippen LogP) is 0.971. The largest absolute Gasteiger partial charge is 0.481 e. The molecule has 0 heterocycles. The summed E-state index contributed by atoms with van der Waals surface area (Å²) >= 11 is 0. The summed E-state index contributed by atoms with van der Waals surface area (Å²) in [5.41, 5.74) is 1.52. The molecule has 1 aromatic rings. The lowest BCUT2D eigenvalue weighted by Gasteiger charge is -2.21. The lowest BCUT2D eigenvalue weighted by Crippen LogP contribution is -2.35. The minimum atomic E-state index is -0.856. The molecule has 0 aliphatic heterocycles. The SMILES string of the molecule is CC(=O)NCCN(CCC(=O)O)Cc1cccc(C#N)c1. The molecule has 1 aromatic carbocycles. The number of benzene rings is 1. The number of nitrogens with zero attached hydrogens (tertiary/aromatic N) is 2. The van der Waals surface area contributed by atoms with Gasteiger partial charge in [-0.2, -0.15) is 5.26 Å². The number of carbonyl (C=O) groups is 2. The Bertz CT molecular complexity index is 537. The van der Waals surface area contributed by atoms with Crippen molar-refractivity contribution in [2.24, 2.45) is 0 Å². The third kappa shape index (κ3) is 7.09. The van der Waals surface area contributed by atoms with Crippen molar-refractivity contribution < 1.29 is 14.7 Å². The fourth-order valence-corrected chi connectivity index (χ4v) is 1.91. The van der Waals surface area contributed by atoms with Gasteiger partial charge in [-0.05, 0) is 17.7 Å². The molecule has 2 N–H and O–H groups in total. The summed E-state index contributed by atoms with van der Waals surface area (Å²) in [5.74, 6) is -0.968. The molecule has 0 unspecified atom stereocenters. The van der Waals surface area contributed by atoms with Gasteiger partial charge >= 0.3 is 5.97 Å². The van der Waals surface area contributed by atoms with E-state index in [0.29, 0.717) is 31.7 Å². The van der Waals surface area contributed by atoms with Crippen molar-refractivity contribution in [3.05, 3.63) is 35.4 Å². The Hall–Kier alpha value is -2.39. The monoisotopic (exact) mass is 289 g/mol. The van der Waals surface area contributed by atoms with E-state index in [4.69, 9.17) is 10.4 Å². The first-order valence-corrected chi connectivity index (χ1v) is 6.69. The molecule has 0 spiro atoms. The summed E-state index contributed by atoms with van der Waals surface area (Å²) in [4.78, 5) is 23.5. The van der Waals surface area contributed by atoms with Crippen LogP contribution in [0.1, 0.15) is 24.5 Å². The summed E-state index contributed by atoms with van der Waals surface area (Å²) in [6, 6.07) is 9.29. The second kappa shape index (κ2) is 8.72. The minimum Gasteiger partial charge on any atom is -0.481 e. The van der Waals surface area contributed by atoms with Crippen LogP contribution in [0.3, 0.4) is 0 Å². The maximum Gasteiger partial charge on any atom is 0.304 e. The molecule has 0 radical (unpaired) electrons. The van der Waals surface area contributed by atoms with Gasteiger partial charge in [0.15, 0.2) is 0 Å². The van der Waals surface area contributed by atoms with E-state index in [9.17, 15) is 9.59 Å². The summed E-state index contributed by atoms with van der Waals surface area (Å²) in [6.45, 7) is 3.41. The van der Waals surface area contributed by atoms with Gasteiger partial charge in [0.2, 0.25) is 5.91 Å². The second-order valence-corrected chi connectivity index (χ2v) is 4.72. The maximum absolute atomic E-state index is 10.9. The van der Waals surface area contributed by atoms with Gasteiger partial charge in [0, 0.05) is 33.1 Å². The molecule has 1 amide bonds. The highest BCUT2D eigenvalue weighted by molar-refractivity contribution is 5.72. The fourth-order valence-electron chi connectivity index (χ4n) is 1.91. The van der Waals surface area contributed by atoms with Gasteiger partial charge in [-0.3, -0.25) is 14.5 Å². The first-order valence-electron chi connectivity index (χ1n) is 6.69. The Morgan fingerprint density at radius 1 is 1.38 bits per heavy atom. The summed E-state index contributed by atoms with van der Waals surface area (Å²) < 4.78 is 0. The third-order valence-electron chi connectivity index (χ3n) is 2.91. The Morgan fingerprint density at radius 3 is 2.76 bits per heavy atom. The van der Waals surface area contributed by atoms with Gasteiger partial charge in [-0.25, -0.2) is 0 Å². The number of carboxylic acids is 1. The highest BCUT2D eigenvalue weighted by Crippen LogP contribution is 2.08. The highest BCUT2D eigenvalue weighted by Gasteiger charge is 2.09. The van der Waals surface area contributed by atoms with Gasteiger partial charge in [0.05, 0.1) is 18.1 Å². The van der Waals surface area contributed by atoms with E-state index >= 15 is 0 Å². The molecule has 0 saturated heterocycles. The Balaban J connectivity index is 2.63. The predicted molar refractivity (Wildman–Crippen MR) is 77.4 cm³/mol. The smallest absolute Gasteiger partial charge is 0.304 e. The first-order chi connectivity index (χ1) is 10.0. The van der Waals surface area contributed by atoms with Crippen molar-refractivity contribution in [1.29, 1.82) is 5.26 Å². The van der Waals surface area contributed by atoms with Crippen molar-refractivity contribution in [2.45, 2.75) is 19.9 Å². The molecule has 0 saturated carbocycles. The number of aliphatic carboxylic acids is 1. The molecule has 0 aromatic heterocycles. The molecule has 6 nitrogen and oxygen atoms in total. The molecular formula is C15H19N3O3. The molecule has 0 bridgehead atoms. The molecule has 0 aliphatic carbocycles. The van der Waals surface area contributed by atoms with Crippen molar-refractivity contribution >= 4 is 11.9 Å². The fraction of sp³-hybridized carbons (Fsp3) is 0.400. The van der Waals surface area contributed by atoms with E-state index in [1.54, 1.807) is 18.2 Å². The molecule has 0 aliphatic rings. The second-order valence-electron chi connectivity index (χ2n) is 4.72. The van der Waals surface area contributed by atoms with Crippen LogP contribution >= 0.6 is 0 Å². The zero-order chi connectivity index (χ0) is 15.7. The number of hydrogen-bond donors (Lipinski definition) is 2. The van der Waals surface area contributed by atoms with Crippen LogP contribution in [0.25, 0.3) is 0 Å². The van der Waals surface area contributed by atoms with Crippen LogP contribution in [0.2, 0.25) is 0 Å². The lowest BCUT2D eigenvalue weighted by atomic mass is 10.1. The quantitative estimate of drug-likeness (QED) is 0.744. The Labute approximate surface area is 124 Å². The molecule has 21 heavy (non-hydrogen) atoms. The van der Waals surface area contributed by atoms with Crippen LogP contribution in [0.4, 0.5) is 0 Å². The van der Waals surface area contributed by atoms with Crippen molar-refractivity contribution in [2.75, 3.05) is 19.6 Å². The molecule has 0 fully saturated rings. The van der Waals surface area contributed by atoms with Crippen LogP contribution in [0, 0.1) is 11.3 Å². The number of carbonyl (C=O) groups excluding carboxylic acids is 1. The number of carboxylic acid groups (broad SMARTS) is 1. The van der Waals surface area contributed by atoms with Crippen LogP contribution < -0.4 is 5.32 Å². The van der Waals surface area contributed by atoms with Crippen LogP contribution in [-0.4, -0.2) is 41.5 Å². The lowest BCUT2D eigenvalue weighted by molar-refractivity contribution is -0.137. The topological polar surface area (TPSA) is 93.4 Å². The van der Waals surface area contributed by atoms with E-state index < -0.39 is 5.97 Å². The van der Waals surface area contributed by atoms with Crippen LogP contribution in [0.5, 0.6) is 0 Å². The number of hydrogen-bond acceptors (Lipinski definition) is 4. The summed E-state index contributed by atoms with van der Waals surface area (Å²) in [6.07, 6.45) is 0.0397. The van der Waals surface area contributed by atoms with Crippen molar-refractivity contribution in [3.8, 4) is 6.07 Å². The molecule has 1 rings (SSSR count). The molecular weight excluding hydrogens is 270 g/mol. The number of nitrogens with one attached hydrogen (secondary N) is 1. The van der Waals surface area contributed by atoms with Crippen molar-refractivity contribution in [3.63, 3.8) is 0 Å². The normalized spacial score (nSPS) is 10.1. The zero-order valence-electron chi connectivity index (χ0n) is 12.0. The Kier molecular flexibility index (Phi) is 6.92. The van der Waals surface area contributed by atoms with E-state index in [1.165, 1.54) is 6.92 Å². The third-order valence-corrected chi connectivity index (χ3v) is 2.91. The average molecular weight is 289 g/mol. The molecule has 112 valence electrons. The summed E-state index contributed by atoms with van der Waals surface area (Å²) in [7, 11) is 0. The zero-order valence-corrected chi connectivity index (χ0v) is 12.0. The van der Waals surface area contributed by atoms with Crippen LogP contribution in [0.15, 0.2) is 24.3 Å². The van der Waals surface area contributed by atoms with Crippen molar-refractivity contribution in [1.82, 2.24) is 10.2 Å². The van der Waals surface area contributed by atoms with E-state index in [2.05, 4.69) is 11.4 Å².